The maximum atomic E-state index is 13.2. The number of carbonyl (C=O) groups excluding carboxylic acids is 1. The molecule has 1 rings (SSSR count). The lowest BCUT2D eigenvalue weighted by Gasteiger charge is -2.07. The van der Waals surface area contributed by atoms with Gasteiger partial charge in [0.25, 0.3) is 0 Å². The van der Waals surface area contributed by atoms with Crippen molar-refractivity contribution in [2.24, 2.45) is 5.73 Å². The normalized spacial score (nSPS) is 11.1. The van der Waals surface area contributed by atoms with E-state index in [9.17, 15) is 17.6 Å². The van der Waals surface area contributed by atoms with Crippen molar-refractivity contribution >= 4 is 37.5 Å². The maximum absolute atomic E-state index is 13.2. The number of hydrogen-bond acceptors (Lipinski definition) is 3. The second kappa shape index (κ2) is 4.79. The van der Waals surface area contributed by atoms with Crippen molar-refractivity contribution in [1.29, 1.82) is 0 Å². The lowest BCUT2D eigenvalue weighted by atomic mass is 10.2. The SMILES string of the molecule is NC(=O)c1ccc(F)c(NS(=O)(=O)CBr)c1. The van der Waals surface area contributed by atoms with E-state index in [0.29, 0.717) is 0 Å². The minimum absolute atomic E-state index is 0.0219. The average molecular weight is 311 g/mol. The lowest BCUT2D eigenvalue weighted by Crippen LogP contribution is -2.16. The number of sulfonamides is 1. The summed E-state index contributed by atoms with van der Waals surface area (Å²) in [5.74, 6) is -1.55. The summed E-state index contributed by atoms with van der Waals surface area (Å²) in [4.78, 5) is 10.8. The molecular weight excluding hydrogens is 303 g/mol. The van der Waals surface area contributed by atoms with E-state index in [2.05, 4.69) is 15.9 Å². The quantitative estimate of drug-likeness (QED) is 0.814. The van der Waals surface area contributed by atoms with Crippen LogP contribution >= 0.6 is 15.9 Å². The molecule has 0 aliphatic carbocycles. The monoisotopic (exact) mass is 310 g/mol. The van der Waals surface area contributed by atoms with Crippen LogP contribution in [0.3, 0.4) is 0 Å². The molecule has 0 saturated heterocycles. The summed E-state index contributed by atoms with van der Waals surface area (Å²) in [5.41, 5.74) is 4.69. The Morgan fingerprint density at radius 3 is 2.62 bits per heavy atom. The number of nitrogens with one attached hydrogen (secondary N) is 1. The van der Waals surface area contributed by atoms with Crippen LogP contribution in [0.15, 0.2) is 18.2 Å². The van der Waals surface area contributed by atoms with Crippen molar-refractivity contribution in [2.45, 2.75) is 0 Å². The molecule has 0 aromatic heterocycles. The highest BCUT2D eigenvalue weighted by Crippen LogP contribution is 2.17. The molecule has 16 heavy (non-hydrogen) atoms. The van der Waals surface area contributed by atoms with Crippen LogP contribution in [-0.2, 0) is 10.0 Å². The van der Waals surface area contributed by atoms with Crippen LogP contribution in [0.25, 0.3) is 0 Å². The van der Waals surface area contributed by atoms with Crippen molar-refractivity contribution in [3.63, 3.8) is 0 Å². The fourth-order valence-electron chi connectivity index (χ4n) is 0.952. The van der Waals surface area contributed by atoms with Gasteiger partial charge in [-0.15, -0.1) is 0 Å². The number of benzene rings is 1. The number of nitrogens with two attached hydrogens (primary N) is 1. The first-order valence-electron chi connectivity index (χ1n) is 4.01. The molecule has 3 N–H and O–H groups in total. The van der Waals surface area contributed by atoms with Gasteiger partial charge in [0.15, 0.2) is 0 Å². The topological polar surface area (TPSA) is 89.3 Å². The van der Waals surface area contributed by atoms with Gasteiger partial charge in [0, 0.05) is 5.56 Å². The fraction of sp³-hybridized carbons (Fsp3) is 0.125. The minimum atomic E-state index is -3.66. The highest BCUT2D eigenvalue weighted by atomic mass is 79.9. The van der Waals surface area contributed by atoms with Gasteiger partial charge in [-0.2, -0.15) is 0 Å². The summed E-state index contributed by atoms with van der Waals surface area (Å²) in [6.45, 7) is 0. The number of primary amides is 1. The molecule has 0 radical (unpaired) electrons. The summed E-state index contributed by atoms with van der Waals surface area (Å²) in [5, 5.41) is 0. The summed E-state index contributed by atoms with van der Waals surface area (Å²) >= 11 is 2.74. The molecule has 88 valence electrons. The van der Waals surface area contributed by atoms with Crippen molar-refractivity contribution in [2.75, 3.05) is 9.38 Å². The number of carbonyl (C=O) groups is 1. The molecule has 0 aliphatic rings. The van der Waals surface area contributed by atoms with Crippen molar-refractivity contribution < 1.29 is 17.6 Å². The number of amides is 1. The molecule has 0 atom stereocenters. The fourth-order valence-corrected chi connectivity index (χ4v) is 1.84. The van der Waals surface area contributed by atoms with Crippen LogP contribution in [0.5, 0.6) is 0 Å². The maximum Gasteiger partial charge on any atom is 0.248 e. The third-order valence-corrected chi connectivity index (χ3v) is 4.29. The predicted octanol–water partition coefficient (Wildman–Crippen LogP) is 1.02. The molecule has 0 bridgehead atoms. The van der Waals surface area contributed by atoms with Gasteiger partial charge in [0.1, 0.15) is 10.5 Å². The van der Waals surface area contributed by atoms with Crippen molar-refractivity contribution in [3.8, 4) is 0 Å². The van der Waals surface area contributed by atoms with Gasteiger partial charge in [-0.1, -0.05) is 15.9 Å². The Morgan fingerprint density at radius 2 is 2.12 bits per heavy atom. The zero-order valence-electron chi connectivity index (χ0n) is 7.91. The largest absolute Gasteiger partial charge is 0.366 e. The van der Waals surface area contributed by atoms with Gasteiger partial charge in [0.2, 0.25) is 15.9 Å². The molecule has 0 saturated carbocycles. The Bertz CT molecular complexity index is 518. The number of hydrogen-bond donors (Lipinski definition) is 2. The van der Waals surface area contributed by atoms with Crippen LogP contribution in [-0.4, -0.2) is 19.0 Å². The molecule has 1 amide bonds. The van der Waals surface area contributed by atoms with Gasteiger partial charge in [0.05, 0.1) is 5.69 Å². The second-order valence-electron chi connectivity index (χ2n) is 2.88. The Hall–Kier alpha value is -1.15. The minimum Gasteiger partial charge on any atom is -0.366 e. The van der Waals surface area contributed by atoms with Crippen molar-refractivity contribution in [1.82, 2.24) is 0 Å². The highest BCUT2D eigenvalue weighted by Gasteiger charge is 2.13. The van der Waals surface area contributed by atoms with E-state index >= 15 is 0 Å². The number of anilines is 1. The Kier molecular flexibility index (Phi) is 3.87. The third kappa shape index (κ3) is 3.17. The van der Waals surface area contributed by atoms with E-state index in [1.807, 2.05) is 4.72 Å². The van der Waals surface area contributed by atoms with Gasteiger partial charge in [-0.3, -0.25) is 9.52 Å². The highest BCUT2D eigenvalue weighted by molar-refractivity contribution is 9.10. The third-order valence-electron chi connectivity index (χ3n) is 1.66. The standard InChI is InChI=1S/C8H8BrFN2O3S/c9-4-16(14,15)12-7-3-5(8(11)13)1-2-6(7)10/h1-3,12H,4H2,(H2,11,13). The van der Waals surface area contributed by atoms with Crippen LogP contribution in [0.1, 0.15) is 10.4 Å². The first-order valence-corrected chi connectivity index (χ1v) is 6.79. The molecule has 1 aromatic carbocycles. The predicted molar refractivity (Wildman–Crippen MR) is 61.3 cm³/mol. The van der Waals surface area contributed by atoms with Crippen molar-refractivity contribution in [3.05, 3.63) is 29.6 Å². The second-order valence-corrected chi connectivity index (χ2v) is 5.91. The number of halogens is 2. The van der Waals surface area contributed by atoms with Gasteiger partial charge in [-0.05, 0) is 18.2 Å². The first kappa shape index (κ1) is 12.9. The van der Waals surface area contributed by atoms with E-state index in [0.717, 1.165) is 12.1 Å². The zero-order valence-corrected chi connectivity index (χ0v) is 10.3. The molecule has 5 nitrogen and oxygen atoms in total. The van der Waals surface area contributed by atoms with E-state index in [-0.39, 0.29) is 15.9 Å². The summed E-state index contributed by atoms with van der Waals surface area (Å²) in [6.07, 6.45) is 0. The van der Waals surface area contributed by atoms with E-state index in [1.165, 1.54) is 6.07 Å². The van der Waals surface area contributed by atoms with E-state index in [1.54, 1.807) is 0 Å². The van der Waals surface area contributed by atoms with Crippen LogP contribution < -0.4 is 10.5 Å². The molecule has 0 unspecified atom stereocenters. The van der Waals surface area contributed by atoms with E-state index < -0.39 is 21.7 Å². The molecule has 1 aromatic rings. The Morgan fingerprint density at radius 1 is 1.50 bits per heavy atom. The lowest BCUT2D eigenvalue weighted by molar-refractivity contribution is 0.100. The molecule has 0 aliphatic heterocycles. The summed E-state index contributed by atoms with van der Waals surface area (Å²) in [7, 11) is -3.66. The molecule has 0 heterocycles. The smallest absolute Gasteiger partial charge is 0.248 e. The number of rotatable bonds is 4. The average Bonchev–Trinajstić information content (AvgIpc) is 2.21. The van der Waals surface area contributed by atoms with Gasteiger partial charge < -0.3 is 5.73 Å². The van der Waals surface area contributed by atoms with Crippen LogP contribution in [0, 0.1) is 5.82 Å². The molecule has 8 heteroatoms. The Balaban J connectivity index is 3.13. The first-order chi connectivity index (χ1) is 7.35. The van der Waals surface area contributed by atoms with Gasteiger partial charge in [-0.25, -0.2) is 12.8 Å². The van der Waals surface area contributed by atoms with E-state index in [4.69, 9.17) is 5.73 Å². The molecule has 0 spiro atoms. The molecule has 0 fully saturated rings. The summed E-state index contributed by atoms with van der Waals surface area (Å²) < 4.78 is 37.1. The Labute approximate surface area is 100 Å². The molecular formula is C8H8BrFN2O3S. The summed E-state index contributed by atoms with van der Waals surface area (Å²) in [6, 6.07) is 3.17. The number of alkyl halides is 1. The van der Waals surface area contributed by atoms with Crippen LogP contribution in [0.2, 0.25) is 0 Å². The van der Waals surface area contributed by atoms with Gasteiger partial charge >= 0.3 is 0 Å². The van der Waals surface area contributed by atoms with Crippen LogP contribution in [0.4, 0.5) is 10.1 Å². The zero-order chi connectivity index (χ0) is 12.3.